The zero-order valence-corrected chi connectivity index (χ0v) is 15.1. The smallest absolute Gasteiger partial charge is 0.307 e. The van der Waals surface area contributed by atoms with Crippen molar-refractivity contribution in [1.29, 1.82) is 0 Å². The van der Waals surface area contributed by atoms with Crippen molar-refractivity contribution in [2.75, 3.05) is 0 Å². The summed E-state index contributed by atoms with van der Waals surface area (Å²) in [5.41, 5.74) is 3.89. The van der Waals surface area contributed by atoms with Crippen molar-refractivity contribution in [2.24, 2.45) is 5.10 Å². The molecule has 0 radical (unpaired) electrons. The van der Waals surface area contributed by atoms with Crippen LogP contribution in [0.2, 0.25) is 0 Å². The van der Waals surface area contributed by atoms with Crippen molar-refractivity contribution < 1.29 is 14.1 Å². The third-order valence-corrected chi connectivity index (χ3v) is 4.63. The Morgan fingerprint density at radius 1 is 1.22 bits per heavy atom. The van der Waals surface area contributed by atoms with E-state index in [4.69, 9.17) is 4.42 Å². The number of nitro groups is 1. The van der Waals surface area contributed by atoms with E-state index in [1.807, 2.05) is 31.2 Å². The van der Waals surface area contributed by atoms with Crippen LogP contribution in [0, 0.1) is 17.0 Å². The lowest BCUT2D eigenvalue weighted by molar-refractivity contribution is -0.387. The Kier molecular flexibility index (Phi) is 5.68. The number of aryl methyl sites for hydroxylation is 1. The normalized spacial score (nSPS) is 10.9. The molecule has 1 N–H and O–H groups in total. The molecule has 1 amide bonds. The van der Waals surface area contributed by atoms with Gasteiger partial charge in [-0.1, -0.05) is 35.5 Å². The van der Waals surface area contributed by atoms with E-state index in [0.29, 0.717) is 10.5 Å². The molecular weight excluding hydrogens is 366 g/mol. The molecule has 7 nitrogen and oxygen atoms in total. The Labute approximate surface area is 159 Å². The Morgan fingerprint density at radius 3 is 2.67 bits per heavy atom. The van der Waals surface area contributed by atoms with Crippen molar-refractivity contribution in [3.05, 3.63) is 87.9 Å². The molecule has 0 atom stereocenters. The van der Waals surface area contributed by atoms with Gasteiger partial charge in [0.25, 0.3) is 5.69 Å². The van der Waals surface area contributed by atoms with Crippen LogP contribution in [0.3, 0.4) is 0 Å². The van der Waals surface area contributed by atoms with Crippen molar-refractivity contribution in [3.8, 4) is 0 Å². The minimum Gasteiger partial charge on any atom is -0.459 e. The number of rotatable bonds is 6. The van der Waals surface area contributed by atoms with Gasteiger partial charge in [-0.05, 0) is 37.3 Å². The largest absolute Gasteiger partial charge is 0.459 e. The van der Waals surface area contributed by atoms with Gasteiger partial charge in [-0.25, -0.2) is 5.43 Å². The molecule has 136 valence electrons. The molecule has 0 aliphatic rings. The van der Waals surface area contributed by atoms with E-state index in [-0.39, 0.29) is 11.4 Å². The zero-order valence-electron chi connectivity index (χ0n) is 14.3. The number of benzene rings is 2. The van der Waals surface area contributed by atoms with Crippen LogP contribution in [-0.2, 0) is 0 Å². The number of nitro benzene ring substituents is 1. The van der Waals surface area contributed by atoms with Gasteiger partial charge in [0.2, 0.25) is 0 Å². The van der Waals surface area contributed by atoms with E-state index in [1.54, 1.807) is 18.2 Å². The molecule has 0 aliphatic carbocycles. The minimum atomic E-state index is -0.503. The Morgan fingerprint density at radius 2 is 2.00 bits per heavy atom. The van der Waals surface area contributed by atoms with Crippen LogP contribution in [0.5, 0.6) is 0 Å². The lowest BCUT2D eigenvalue weighted by Crippen LogP contribution is -2.16. The van der Waals surface area contributed by atoms with Crippen LogP contribution in [-0.4, -0.2) is 17.0 Å². The first-order valence-electron chi connectivity index (χ1n) is 7.93. The molecular formula is C19H15N3O4S. The van der Waals surface area contributed by atoms with Gasteiger partial charge >= 0.3 is 5.91 Å². The number of hydrogen-bond acceptors (Lipinski definition) is 6. The minimum absolute atomic E-state index is 0.0260. The van der Waals surface area contributed by atoms with Gasteiger partial charge in [-0.2, -0.15) is 5.10 Å². The van der Waals surface area contributed by atoms with Crippen LogP contribution < -0.4 is 5.43 Å². The maximum Gasteiger partial charge on any atom is 0.307 e. The molecule has 0 saturated heterocycles. The van der Waals surface area contributed by atoms with Crippen LogP contribution in [0.25, 0.3) is 0 Å². The fourth-order valence-electron chi connectivity index (χ4n) is 2.21. The highest BCUT2D eigenvalue weighted by atomic mass is 32.2. The van der Waals surface area contributed by atoms with Crippen molar-refractivity contribution in [2.45, 2.75) is 16.7 Å². The summed E-state index contributed by atoms with van der Waals surface area (Å²) in [7, 11) is 0. The number of nitrogens with one attached hydrogen (secondary N) is 1. The number of carbonyl (C=O) groups excluding carboxylic acids is 1. The van der Waals surface area contributed by atoms with E-state index in [2.05, 4.69) is 10.5 Å². The van der Waals surface area contributed by atoms with Gasteiger partial charge in [0, 0.05) is 16.5 Å². The Bertz CT molecular complexity index is 983. The summed E-state index contributed by atoms with van der Waals surface area (Å²) in [6, 6.07) is 15.6. The van der Waals surface area contributed by atoms with Gasteiger partial charge in [0.1, 0.15) is 0 Å². The molecule has 27 heavy (non-hydrogen) atoms. The number of nitrogens with zero attached hydrogens (tertiary/aromatic N) is 2. The third-order valence-electron chi connectivity index (χ3n) is 3.55. The second-order valence-electron chi connectivity index (χ2n) is 5.58. The number of carbonyl (C=O) groups is 1. The first-order valence-corrected chi connectivity index (χ1v) is 8.74. The first-order chi connectivity index (χ1) is 13.0. The molecule has 2 aromatic carbocycles. The van der Waals surface area contributed by atoms with E-state index < -0.39 is 10.8 Å². The van der Waals surface area contributed by atoms with Gasteiger partial charge < -0.3 is 4.42 Å². The van der Waals surface area contributed by atoms with Crippen molar-refractivity contribution >= 4 is 29.6 Å². The maximum atomic E-state index is 11.7. The number of amides is 1. The predicted octanol–water partition coefficient (Wildman–Crippen LogP) is 4.41. The van der Waals surface area contributed by atoms with Gasteiger partial charge in [-0.15, -0.1) is 0 Å². The quantitative estimate of drug-likeness (QED) is 0.387. The molecule has 0 saturated carbocycles. The predicted molar refractivity (Wildman–Crippen MR) is 102 cm³/mol. The van der Waals surface area contributed by atoms with E-state index >= 15 is 0 Å². The summed E-state index contributed by atoms with van der Waals surface area (Å²) < 4.78 is 4.95. The van der Waals surface area contributed by atoms with Crippen LogP contribution in [0.4, 0.5) is 5.69 Å². The maximum absolute atomic E-state index is 11.7. The highest BCUT2D eigenvalue weighted by Crippen LogP contribution is 2.35. The summed E-state index contributed by atoms with van der Waals surface area (Å²) in [4.78, 5) is 24.1. The van der Waals surface area contributed by atoms with Gasteiger partial charge in [0.05, 0.1) is 22.3 Å². The molecule has 0 fully saturated rings. The van der Waals surface area contributed by atoms with Gasteiger partial charge in [-0.3, -0.25) is 14.9 Å². The molecule has 3 aromatic rings. The summed E-state index contributed by atoms with van der Waals surface area (Å²) in [5, 5.41) is 15.2. The second-order valence-corrected chi connectivity index (χ2v) is 6.69. The Hall–Kier alpha value is -3.39. The molecule has 0 unspecified atom stereocenters. The summed E-state index contributed by atoms with van der Waals surface area (Å²) in [5.74, 6) is -0.375. The third kappa shape index (κ3) is 4.83. The molecule has 1 aromatic heterocycles. The van der Waals surface area contributed by atoms with Crippen molar-refractivity contribution in [3.63, 3.8) is 0 Å². The van der Waals surface area contributed by atoms with Crippen LogP contribution in [0.1, 0.15) is 21.7 Å². The fraction of sp³-hybridized carbons (Fsp3) is 0.0526. The van der Waals surface area contributed by atoms with E-state index in [0.717, 1.165) is 10.5 Å². The second kappa shape index (κ2) is 8.33. The van der Waals surface area contributed by atoms with E-state index in [1.165, 1.54) is 36.4 Å². The summed E-state index contributed by atoms with van der Waals surface area (Å²) in [6.45, 7) is 1.98. The fourth-order valence-corrected chi connectivity index (χ4v) is 3.11. The van der Waals surface area contributed by atoms with Crippen molar-refractivity contribution in [1.82, 2.24) is 5.43 Å². The van der Waals surface area contributed by atoms with Crippen LogP contribution in [0.15, 0.2) is 80.2 Å². The highest BCUT2D eigenvalue weighted by Gasteiger charge is 2.15. The summed E-state index contributed by atoms with van der Waals surface area (Å²) >= 11 is 1.32. The van der Waals surface area contributed by atoms with E-state index in [9.17, 15) is 14.9 Å². The SMILES string of the molecule is Cc1ccc(Sc2ccc(C=NNC(=O)c3ccco3)cc2[N+](=O)[O-])cc1. The average Bonchev–Trinajstić information content (AvgIpc) is 3.19. The molecule has 1 heterocycles. The standard InChI is InChI=1S/C19H15N3O4S/c1-13-4-7-15(8-5-13)27-18-9-6-14(11-16(18)22(24)25)12-20-21-19(23)17-3-2-10-26-17/h2-12H,1H3,(H,21,23). The zero-order chi connectivity index (χ0) is 19.2. The number of hydrazone groups is 1. The lowest BCUT2D eigenvalue weighted by atomic mass is 10.2. The molecule has 0 spiro atoms. The molecule has 0 bridgehead atoms. The monoisotopic (exact) mass is 381 g/mol. The first kappa shape index (κ1) is 18.4. The molecule has 0 aliphatic heterocycles. The summed E-state index contributed by atoms with van der Waals surface area (Å²) in [6.07, 6.45) is 2.72. The Balaban J connectivity index is 1.74. The number of furan rings is 1. The lowest BCUT2D eigenvalue weighted by Gasteiger charge is -2.04. The topological polar surface area (TPSA) is 97.7 Å². The average molecular weight is 381 g/mol. The van der Waals surface area contributed by atoms with Crippen LogP contribution >= 0.6 is 11.8 Å². The van der Waals surface area contributed by atoms with Gasteiger partial charge in [0.15, 0.2) is 5.76 Å². The highest BCUT2D eigenvalue weighted by molar-refractivity contribution is 7.99. The number of hydrogen-bond donors (Lipinski definition) is 1. The molecule has 8 heteroatoms. The molecule has 3 rings (SSSR count).